The smallest absolute Gasteiger partial charge is 0.214 e. The molecule has 0 aromatic rings. The summed E-state index contributed by atoms with van der Waals surface area (Å²) in [5, 5.41) is 0. The summed E-state index contributed by atoms with van der Waals surface area (Å²) >= 11 is 0. The van der Waals surface area contributed by atoms with Crippen LogP contribution in [0.5, 0.6) is 0 Å². The number of nitrogens with zero attached hydrogens (tertiary/aromatic N) is 1. The van der Waals surface area contributed by atoms with Crippen molar-refractivity contribution in [3.05, 3.63) is 0 Å². The summed E-state index contributed by atoms with van der Waals surface area (Å²) in [6.07, 6.45) is 5.44. The van der Waals surface area contributed by atoms with Gasteiger partial charge in [0.2, 0.25) is 10.0 Å². The first-order valence-electron chi connectivity index (χ1n) is 3.62. The van der Waals surface area contributed by atoms with Crippen LogP contribution in [0, 0.1) is 12.3 Å². The molecule has 0 aromatic heterocycles. The van der Waals surface area contributed by atoms with Crippen molar-refractivity contribution in [1.29, 1.82) is 0 Å². The van der Waals surface area contributed by atoms with Gasteiger partial charge in [-0.1, -0.05) is 5.92 Å². The zero-order chi connectivity index (χ0) is 9.61. The molecule has 0 unspecified atom stereocenters. The fourth-order valence-corrected chi connectivity index (χ4v) is 1.76. The third-order valence-electron chi connectivity index (χ3n) is 1.40. The van der Waals surface area contributed by atoms with Crippen LogP contribution >= 0.6 is 0 Å². The van der Waals surface area contributed by atoms with E-state index in [0.717, 1.165) is 4.31 Å². The molecule has 0 saturated carbocycles. The summed E-state index contributed by atoms with van der Waals surface area (Å²) in [7, 11) is -1.71. The van der Waals surface area contributed by atoms with E-state index < -0.39 is 10.0 Å². The van der Waals surface area contributed by atoms with Gasteiger partial charge >= 0.3 is 0 Å². The molecule has 0 aliphatic heterocycles. The molecule has 0 aliphatic rings. The molecule has 0 spiro atoms. The summed E-state index contributed by atoms with van der Waals surface area (Å²) < 4.78 is 23.7. The summed E-state index contributed by atoms with van der Waals surface area (Å²) in [5.74, 6) is 2.34. The van der Waals surface area contributed by atoms with Gasteiger partial charge in [-0.15, -0.1) is 6.42 Å². The van der Waals surface area contributed by atoms with Crippen LogP contribution in [0.25, 0.3) is 0 Å². The normalized spacial score (nSPS) is 11.5. The summed E-state index contributed by atoms with van der Waals surface area (Å²) in [5.41, 5.74) is 5.19. The molecule has 0 saturated heterocycles. The van der Waals surface area contributed by atoms with Gasteiger partial charge in [-0.2, -0.15) is 4.31 Å². The zero-order valence-corrected chi connectivity index (χ0v) is 7.97. The van der Waals surface area contributed by atoms with Crippen molar-refractivity contribution < 1.29 is 8.42 Å². The lowest BCUT2D eigenvalue weighted by Gasteiger charge is -2.13. The molecule has 0 fully saturated rings. The van der Waals surface area contributed by atoms with E-state index in [2.05, 4.69) is 5.92 Å². The number of hydrogen-bond acceptors (Lipinski definition) is 3. The lowest BCUT2D eigenvalue weighted by Crippen LogP contribution is -2.30. The van der Waals surface area contributed by atoms with E-state index in [1.54, 1.807) is 0 Å². The molecular formula is C7H14N2O2S. The number of sulfonamides is 1. The Kier molecular flexibility index (Phi) is 4.90. The zero-order valence-electron chi connectivity index (χ0n) is 7.16. The minimum atomic E-state index is -3.17. The Morgan fingerprint density at radius 1 is 1.58 bits per heavy atom. The molecule has 0 atom stereocenters. The number of nitrogens with two attached hydrogens (primary N) is 1. The van der Waals surface area contributed by atoms with Gasteiger partial charge in [0.05, 0.1) is 12.3 Å². The van der Waals surface area contributed by atoms with Gasteiger partial charge in [0.1, 0.15) is 0 Å². The molecule has 70 valence electrons. The highest BCUT2D eigenvalue weighted by atomic mass is 32.2. The standard InChI is InChI=1S/C7H14N2O2S/c1-3-6-9(2)12(10,11)7-4-5-8/h1H,4-8H2,2H3. The van der Waals surface area contributed by atoms with Gasteiger partial charge in [0.15, 0.2) is 0 Å². The predicted octanol–water partition coefficient (Wildman–Crippen LogP) is -0.770. The molecule has 0 heterocycles. The number of rotatable bonds is 5. The highest BCUT2D eigenvalue weighted by Crippen LogP contribution is 1.98. The van der Waals surface area contributed by atoms with Gasteiger partial charge in [-0.25, -0.2) is 8.42 Å². The Balaban J connectivity index is 4.12. The fourth-order valence-electron chi connectivity index (χ4n) is 0.648. The minimum absolute atomic E-state index is 0.0711. The molecule has 0 bridgehead atoms. The van der Waals surface area contributed by atoms with Crippen LogP contribution in [0.15, 0.2) is 0 Å². The van der Waals surface area contributed by atoms with Gasteiger partial charge < -0.3 is 5.73 Å². The van der Waals surface area contributed by atoms with Crippen molar-refractivity contribution in [3.8, 4) is 12.3 Å². The fraction of sp³-hybridized carbons (Fsp3) is 0.714. The van der Waals surface area contributed by atoms with Crippen molar-refractivity contribution in [2.75, 3.05) is 25.9 Å². The van der Waals surface area contributed by atoms with Crippen molar-refractivity contribution >= 4 is 10.0 Å². The maximum absolute atomic E-state index is 11.3. The molecule has 5 heteroatoms. The molecule has 2 N–H and O–H groups in total. The van der Waals surface area contributed by atoms with Gasteiger partial charge in [0.25, 0.3) is 0 Å². The Morgan fingerprint density at radius 2 is 2.17 bits per heavy atom. The maximum atomic E-state index is 11.3. The second-order valence-corrected chi connectivity index (χ2v) is 4.61. The number of hydrogen-bond donors (Lipinski definition) is 1. The third kappa shape index (κ3) is 3.72. The molecular weight excluding hydrogens is 176 g/mol. The van der Waals surface area contributed by atoms with Crippen LogP contribution < -0.4 is 5.73 Å². The summed E-state index contributed by atoms with van der Waals surface area (Å²) in [6.45, 7) is 0.496. The number of terminal acetylenes is 1. The van der Waals surface area contributed by atoms with E-state index in [1.807, 2.05) is 0 Å². The van der Waals surface area contributed by atoms with Crippen LogP contribution in [0.3, 0.4) is 0 Å². The Labute approximate surface area is 73.8 Å². The maximum Gasteiger partial charge on any atom is 0.214 e. The average Bonchev–Trinajstić information content (AvgIpc) is 2.01. The lowest BCUT2D eigenvalue weighted by atomic mass is 10.5. The van der Waals surface area contributed by atoms with Crippen molar-refractivity contribution in [3.63, 3.8) is 0 Å². The van der Waals surface area contributed by atoms with E-state index in [4.69, 9.17) is 12.2 Å². The second kappa shape index (κ2) is 5.14. The first kappa shape index (κ1) is 11.4. The molecule has 0 aromatic carbocycles. The highest BCUT2D eigenvalue weighted by Gasteiger charge is 2.15. The largest absolute Gasteiger partial charge is 0.330 e. The quantitative estimate of drug-likeness (QED) is 0.579. The van der Waals surface area contributed by atoms with Crippen molar-refractivity contribution in [2.45, 2.75) is 6.42 Å². The summed E-state index contributed by atoms with van der Waals surface area (Å²) in [6, 6.07) is 0. The SMILES string of the molecule is C#CCN(C)S(=O)(=O)CCCN. The van der Waals surface area contributed by atoms with Crippen molar-refractivity contribution in [2.24, 2.45) is 5.73 Å². The molecule has 4 nitrogen and oxygen atoms in total. The highest BCUT2D eigenvalue weighted by molar-refractivity contribution is 7.89. The van der Waals surface area contributed by atoms with Gasteiger partial charge in [-0.3, -0.25) is 0 Å². The molecule has 12 heavy (non-hydrogen) atoms. The lowest BCUT2D eigenvalue weighted by molar-refractivity contribution is 0.501. The van der Waals surface area contributed by atoms with E-state index in [1.165, 1.54) is 7.05 Å². The van der Waals surface area contributed by atoms with Crippen LogP contribution in [0.2, 0.25) is 0 Å². The van der Waals surface area contributed by atoms with Crippen LogP contribution in [0.1, 0.15) is 6.42 Å². The molecule has 0 radical (unpaired) electrons. The average molecular weight is 190 g/mol. The first-order valence-corrected chi connectivity index (χ1v) is 5.23. The van der Waals surface area contributed by atoms with Gasteiger partial charge in [-0.05, 0) is 13.0 Å². The first-order chi connectivity index (χ1) is 5.54. The van der Waals surface area contributed by atoms with E-state index in [0.29, 0.717) is 13.0 Å². The minimum Gasteiger partial charge on any atom is -0.330 e. The van der Waals surface area contributed by atoms with Gasteiger partial charge in [0, 0.05) is 7.05 Å². The molecule has 0 amide bonds. The Morgan fingerprint density at radius 3 is 2.58 bits per heavy atom. The predicted molar refractivity (Wildman–Crippen MR) is 48.9 cm³/mol. The Hall–Kier alpha value is -0.570. The van der Waals surface area contributed by atoms with Crippen LogP contribution in [0.4, 0.5) is 0 Å². The van der Waals surface area contributed by atoms with E-state index >= 15 is 0 Å². The van der Waals surface area contributed by atoms with Crippen molar-refractivity contribution in [1.82, 2.24) is 4.31 Å². The Bertz CT molecular complexity index is 253. The van der Waals surface area contributed by atoms with E-state index in [-0.39, 0.29) is 12.3 Å². The third-order valence-corrected chi connectivity index (χ3v) is 3.28. The second-order valence-electron chi connectivity index (χ2n) is 2.42. The molecule has 0 rings (SSSR count). The topological polar surface area (TPSA) is 63.4 Å². The van der Waals surface area contributed by atoms with E-state index in [9.17, 15) is 8.42 Å². The van der Waals surface area contributed by atoms with Crippen LogP contribution in [-0.2, 0) is 10.0 Å². The van der Waals surface area contributed by atoms with Crippen LogP contribution in [-0.4, -0.2) is 38.6 Å². The monoisotopic (exact) mass is 190 g/mol. The summed E-state index contributed by atoms with van der Waals surface area (Å²) in [4.78, 5) is 0. The molecule has 0 aliphatic carbocycles.